The molecule has 6 heteroatoms. The zero-order valence-electron chi connectivity index (χ0n) is 14.4. The Balaban J connectivity index is 1.45. The van der Waals surface area contributed by atoms with Crippen molar-refractivity contribution in [3.8, 4) is 5.75 Å². The number of ether oxygens (including phenoxy) is 1. The van der Waals surface area contributed by atoms with Crippen LogP contribution in [0.3, 0.4) is 0 Å². The van der Waals surface area contributed by atoms with Crippen LogP contribution in [-0.2, 0) is 6.54 Å². The van der Waals surface area contributed by atoms with Crippen molar-refractivity contribution in [2.45, 2.75) is 19.1 Å². The summed E-state index contributed by atoms with van der Waals surface area (Å²) in [7, 11) is 0. The van der Waals surface area contributed by atoms with E-state index in [1.165, 1.54) is 6.33 Å². The summed E-state index contributed by atoms with van der Waals surface area (Å²) in [5.41, 5.74) is 1.65. The summed E-state index contributed by atoms with van der Waals surface area (Å²) in [6.07, 6.45) is 4.02. The molecule has 1 aliphatic heterocycles. The smallest absolute Gasteiger partial charge is 0.254 e. The molecule has 1 aromatic heterocycles. The van der Waals surface area contributed by atoms with E-state index in [9.17, 15) is 4.79 Å². The number of para-hydroxylation sites is 1. The van der Waals surface area contributed by atoms with Crippen molar-refractivity contribution in [2.24, 2.45) is 0 Å². The fourth-order valence-corrected chi connectivity index (χ4v) is 3.23. The van der Waals surface area contributed by atoms with Gasteiger partial charge in [0.1, 0.15) is 24.5 Å². The molecule has 0 N–H and O–H groups in total. The van der Waals surface area contributed by atoms with Crippen LogP contribution in [0, 0.1) is 0 Å². The van der Waals surface area contributed by atoms with E-state index in [4.69, 9.17) is 4.74 Å². The Hall–Kier alpha value is -3.15. The lowest BCUT2D eigenvalue weighted by atomic mass is 10.1. The van der Waals surface area contributed by atoms with Gasteiger partial charge >= 0.3 is 0 Å². The SMILES string of the molecule is O=C(c1ccccc1Cn1cncn1)N1CC[C@@H](Oc2ccccc2)C1. The summed E-state index contributed by atoms with van der Waals surface area (Å²) in [5, 5.41) is 4.13. The minimum Gasteiger partial charge on any atom is -0.489 e. The van der Waals surface area contributed by atoms with Gasteiger partial charge in [-0.2, -0.15) is 5.10 Å². The van der Waals surface area contributed by atoms with Gasteiger partial charge in [-0.05, 0) is 23.8 Å². The van der Waals surface area contributed by atoms with Crippen LogP contribution < -0.4 is 4.74 Å². The molecule has 1 amide bonds. The first-order chi connectivity index (χ1) is 12.8. The fraction of sp³-hybridized carbons (Fsp3) is 0.250. The standard InChI is InChI=1S/C20H20N4O2/c25-20(19-9-5-4-6-16(19)12-24-15-21-14-22-24)23-11-10-18(13-23)26-17-7-2-1-3-8-17/h1-9,14-15,18H,10-13H2/t18-/m1/s1. The number of carbonyl (C=O) groups is 1. The number of hydrogen-bond donors (Lipinski definition) is 0. The van der Waals surface area contributed by atoms with E-state index in [-0.39, 0.29) is 12.0 Å². The van der Waals surface area contributed by atoms with Crippen molar-refractivity contribution in [1.29, 1.82) is 0 Å². The Morgan fingerprint density at radius 3 is 2.73 bits per heavy atom. The molecule has 0 unspecified atom stereocenters. The van der Waals surface area contributed by atoms with Crippen molar-refractivity contribution in [1.82, 2.24) is 19.7 Å². The maximum absolute atomic E-state index is 13.0. The maximum Gasteiger partial charge on any atom is 0.254 e. The highest BCUT2D eigenvalue weighted by Crippen LogP contribution is 2.21. The second kappa shape index (κ2) is 7.39. The van der Waals surface area contributed by atoms with E-state index in [1.807, 2.05) is 59.5 Å². The minimum absolute atomic E-state index is 0.0313. The van der Waals surface area contributed by atoms with Crippen LogP contribution in [0.1, 0.15) is 22.3 Å². The third-order valence-electron chi connectivity index (χ3n) is 4.52. The Morgan fingerprint density at radius 1 is 1.12 bits per heavy atom. The van der Waals surface area contributed by atoms with Crippen LogP contribution in [0.25, 0.3) is 0 Å². The quantitative estimate of drug-likeness (QED) is 0.711. The van der Waals surface area contributed by atoms with Crippen molar-refractivity contribution < 1.29 is 9.53 Å². The summed E-state index contributed by atoms with van der Waals surface area (Å²) < 4.78 is 7.71. The third kappa shape index (κ3) is 3.59. The summed E-state index contributed by atoms with van der Waals surface area (Å²) in [6, 6.07) is 17.4. The predicted octanol–water partition coefficient (Wildman–Crippen LogP) is 2.62. The zero-order chi connectivity index (χ0) is 17.8. The first-order valence-corrected chi connectivity index (χ1v) is 8.71. The lowest BCUT2D eigenvalue weighted by Crippen LogP contribution is -2.31. The molecule has 0 bridgehead atoms. The number of likely N-dealkylation sites (tertiary alicyclic amines) is 1. The average molecular weight is 348 g/mol. The van der Waals surface area contributed by atoms with Gasteiger partial charge in [-0.1, -0.05) is 36.4 Å². The van der Waals surface area contributed by atoms with Crippen LogP contribution in [0.2, 0.25) is 0 Å². The monoisotopic (exact) mass is 348 g/mol. The van der Waals surface area contributed by atoms with E-state index in [2.05, 4.69) is 10.1 Å². The van der Waals surface area contributed by atoms with Gasteiger partial charge in [-0.15, -0.1) is 0 Å². The zero-order valence-corrected chi connectivity index (χ0v) is 14.4. The first kappa shape index (κ1) is 16.3. The summed E-state index contributed by atoms with van der Waals surface area (Å²) >= 11 is 0. The van der Waals surface area contributed by atoms with Crippen LogP contribution >= 0.6 is 0 Å². The number of nitrogens with zero attached hydrogens (tertiary/aromatic N) is 4. The van der Waals surface area contributed by atoms with Gasteiger partial charge in [0.25, 0.3) is 5.91 Å². The summed E-state index contributed by atoms with van der Waals surface area (Å²) in [4.78, 5) is 18.8. The molecule has 6 nitrogen and oxygen atoms in total. The number of aromatic nitrogens is 3. The fourth-order valence-electron chi connectivity index (χ4n) is 3.23. The van der Waals surface area contributed by atoms with Gasteiger partial charge in [-0.25, -0.2) is 9.67 Å². The molecule has 2 heterocycles. The van der Waals surface area contributed by atoms with Crippen molar-refractivity contribution in [2.75, 3.05) is 13.1 Å². The van der Waals surface area contributed by atoms with Gasteiger partial charge in [0.05, 0.1) is 13.1 Å². The van der Waals surface area contributed by atoms with E-state index >= 15 is 0 Å². The maximum atomic E-state index is 13.0. The second-order valence-corrected chi connectivity index (χ2v) is 6.34. The van der Waals surface area contributed by atoms with Gasteiger partial charge in [-0.3, -0.25) is 4.79 Å². The molecule has 0 radical (unpaired) electrons. The summed E-state index contributed by atoms with van der Waals surface area (Å²) in [5.74, 6) is 0.887. The molecule has 26 heavy (non-hydrogen) atoms. The molecule has 1 saturated heterocycles. The highest BCUT2D eigenvalue weighted by molar-refractivity contribution is 5.95. The Bertz CT molecular complexity index is 865. The van der Waals surface area contributed by atoms with E-state index in [1.54, 1.807) is 11.0 Å². The largest absolute Gasteiger partial charge is 0.489 e. The van der Waals surface area contributed by atoms with Crippen molar-refractivity contribution in [3.63, 3.8) is 0 Å². The number of benzene rings is 2. The Labute approximate surface area is 152 Å². The van der Waals surface area contributed by atoms with Crippen molar-refractivity contribution in [3.05, 3.63) is 78.4 Å². The number of carbonyl (C=O) groups excluding carboxylic acids is 1. The molecule has 3 aromatic rings. The molecule has 0 saturated carbocycles. The van der Waals surface area contributed by atoms with Gasteiger partial charge in [0.15, 0.2) is 0 Å². The number of hydrogen-bond acceptors (Lipinski definition) is 4. The summed E-state index contributed by atoms with van der Waals surface area (Å²) in [6.45, 7) is 1.83. The van der Waals surface area contributed by atoms with Crippen molar-refractivity contribution >= 4 is 5.91 Å². The number of rotatable bonds is 5. The van der Waals surface area contributed by atoms with Crippen LogP contribution in [0.5, 0.6) is 5.75 Å². The molecule has 1 aliphatic rings. The highest BCUT2D eigenvalue weighted by Gasteiger charge is 2.29. The van der Waals surface area contributed by atoms with Crippen LogP contribution in [0.4, 0.5) is 0 Å². The van der Waals surface area contributed by atoms with Crippen LogP contribution in [-0.4, -0.2) is 44.8 Å². The van der Waals surface area contributed by atoms with Gasteiger partial charge < -0.3 is 9.64 Å². The lowest BCUT2D eigenvalue weighted by Gasteiger charge is -2.19. The second-order valence-electron chi connectivity index (χ2n) is 6.34. The van der Waals surface area contributed by atoms with E-state index < -0.39 is 0 Å². The molecule has 0 spiro atoms. The molecule has 1 atom stereocenters. The Morgan fingerprint density at radius 2 is 1.92 bits per heavy atom. The van der Waals surface area contributed by atoms with Crippen LogP contribution in [0.15, 0.2) is 67.3 Å². The normalized spacial score (nSPS) is 16.6. The lowest BCUT2D eigenvalue weighted by molar-refractivity contribution is 0.0771. The highest BCUT2D eigenvalue weighted by atomic mass is 16.5. The predicted molar refractivity (Wildman–Crippen MR) is 96.9 cm³/mol. The Kier molecular flexibility index (Phi) is 4.64. The average Bonchev–Trinajstić information content (AvgIpc) is 3.35. The molecular formula is C20H20N4O2. The van der Waals surface area contributed by atoms with Gasteiger partial charge in [0.2, 0.25) is 0 Å². The third-order valence-corrected chi connectivity index (χ3v) is 4.52. The molecule has 2 aromatic carbocycles. The molecule has 0 aliphatic carbocycles. The number of amides is 1. The van der Waals surface area contributed by atoms with E-state index in [0.717, 1.165) is 17.7 Å². The molecule has 132 valence electrons. The molecule has 1 fully saturated rings. The van der Waals surface area contributed by atoms with Gasteiger partial charge in [0, 0.05) is 18.5 Å². The molecular weight excluding hydrogens is 328 g/mol. The topological polar surface area (TPSA) is 60.2 Å². The molecule has 4 rings (SSSR count). The minimum atomic E-state index is 0.0313. The van der Waals surface area contributed by atoms with E-state index in [0.29, 0.717) is 25.2 Å². The first-order valence-electron chi connectivity index (χ1n) is 8.71.